The van der Waals surface area contributed by atoms with Crippen LogP contribution in [0.15, 0.2) is 24.3 Å². The number of rotatable bonds is 8. The van der Waals surface area contributed by atoms with Gasteiger partial charge in [0.25, 0.3) is 0 Å². The molecule has 134 valence electrons. The minimum atomic E-state index is 0.0182. The summed E-state index contributed by atoms with van der Waals surface area (Å²) in [6.45, 7) is 8.56. The molecule has 1 saturated heterocycles. The molecule has 1 aliphatic rings. The van der Waals surface area contributed by atoms with Crippen molar-refractivity contribution in [1.82, 2.24) is 10.2 Å². The lowest BCUT2D eigenvalue weighted by Crippen LogP contribution is -2.44. The Bertz CT molecular complexity index is 527. The van der Waals surface area contributed by atoms with Crippen LogP contribution >= 0.6 is 0 Å². The maximum atomic E-state index is 12.4. The van der Waals surface area contributed by atoms with Gasteiger partial charge in [0.2, 0.25) is 5.91 Å². The summed E-state index contributed by atoms with van der Waals surface area (Å²) in [5.74, 6) is 0.689. The third-order valence-corrected chi connectivity index (χ3v) is 4.63. The molecule has 0 spiro atoms. The fraction of sp³-hybridized carbons (Fsp3) is 0.632. The van der Waals surface area contributed by atoms with Gasteiger partial charge in [-0.05, 0) is 31.7 Å². The number of hydrogen-bond donors (Lipinski definition) is 2. The van der Waals surface area contributed by atoms with Gasteiger partial charge in [-0.15, -0.1) is 0 Å². The SMILES string of the molecule is CC(C)[C@H](C)NC(=O)CN(Cc1ccccc1O)C[C@@H]1CCCO1. The highest BCUT2D eigenvalue weighted by atomic mass is 16.5. The maximum Gasteiger partial charge on any atom is 0.234 e. The van der Waals surface area contributed by atoms with E-state index in [2.05, 4.69) is 24.1 Å². The molecule has 1 aromatic rings. The number of para-hydroxylation sites is 1. The summed E-state index contributed by atoms with van der Waals surface area (Å²) >= 11 is 0. The van der Waals surface area contributed by atoms with Crippen LogP contribution in [-0.2, 0) is 16.1 Å². The number of hydrogen-bond acceptors (Lipinski definition) is 4. The van der Waals surface area contributed by atoms with Gasteiger partial charge in [-0.25, -0.2) is 0 Å². The largest absolute Gasteiger partial charge is 0.508 e. The molecule has 1 aromatic carbocycles. The van der Waals surface area contributed by atoms with Gasteiger partial charge in [0.1, 0.15) is 5.75 Å². The molecule has 5 nitrogen and oxygen atoms in total. The summed E-state index contributed by atoms with van der Waals surface area (Å²) in [6, 6.07) is 7.43. The minimum Gasteiger partial charge on any atom is -0.508 e. The van der Waals surface area contributed by atoms with Crippen molar-refractivity contribution in [3.63, 3.8) is 0 Å². The predicted molar refractivity (Wildman–Crippen MR) is 94.8 cm³/mol. The summed E-state index contributed by atoms with van der Waals surface area (Å²) in [6.07, 6.45) is 2.28. The molecular formula is C19H30N2O3. The van der Waals surface area contributed by atoms with E-state index in [-0.39, 0.29) is 23.8 Å². The van der Waals surface area contributed by atoms with Gasteiger partial charge in [-0.1, -0.05) is 32.0 Å². The van der Waals surface area contributed by atoms with Gasteiger partial charge < -0.3 is 15.2 Å². The number of amides is 1. The number of nitrogens with zero attached hydrogens (tertiary/aromatic N) is 1. The third kappa shape index (κ3) is 5.80. The Labute approximate surface area is 145 Å². The molecule has 0 aliphatic carbocycles. The van der Waals surface area contributed by atoms with E-state index in [1.165, 1.54) is 0 Å². The van der Waals surface area contributed by atoms with E-state index in [9.17, 15) is 9.90 Å². The van der Waals surface area contributed by atoms with Gasteiger partial charge in [0, 0.05) is 31.3 Å². The molecule has 5 heteroatoms. The van der Waals surface area contributed by atoms with Crippen molar-refractivity contribution in [2.75, 3.05) is 19.7 Å². The Morgan fingerprint density at radius 3 is 2.75 bits per heavy atom. The lowest BCUT2D eigenvalue weighted by molar-refractivity contribution is -0.123. The van der Waals surface area contributed by atoms with E-state index in [0.717, 1.165) is 25.0 Å². The summed E-state index contributed by atoms with van der Waals surface area (Å²) in [4.78, 5) is 14.4. The van der Waals surface area contributed by atoms with E-state index in [0.29, 0.717) is 25.6 Å². The second-order valence-corrected chi connectivity index (χ2v) is 7.03. The Balaban J connectivity index is 1.99. The quantitative estimate of drug-likeness (QED) is 0.767. The van der Waals surface area contributed by atoms with E-state index < -0.39 is 0 Å². The number of aromatic hydroxyl groups is 1. The number of phenols is 1. The number of ether oxygens (including phenoxy) is 1. The number of benzene rings is 1. The van der Waals surface area contributed by atoms with Crippen molar-refractivity contribution < 1.29 is 14.6 Å². The lowest BCUT2D eigenvalue weighted by Gasteiger charge is -2.26. The van der Waals surface area contributed by atoms with E-state index in [1.54, 1.807) is 12.1 Å². The Hall–Kier alpha value is -1.59. The average molecular weight is 334 g/mol. The van der Waals surface area contributed by atoms with Crippen LogP contribution < -0.4 is 5.32 Å². The smallest absolute Gasteiger partial charge is 0.234 e. The van der Waals surface area contributed by atoms with E-state index >= 15 is 0 Å². The highest BCUT2D eigenvalue weighted by molar-refractivity contribution is 5.78. The van der Waals surface area contributed by atoms with Gasteiger partial charge in [-0.3, -0.25) is 9.69 Å². The van der Waals surface area contributed by atoms with Crippen LogP contribution in [0.4, 0.5) is 0 Å². The molecule has 2 N–H and O–H groups in total. The van der Waals surface area contributed by atoms with Crippen LogP contribution in [0, 0.1) is 5.92 Å². The van der Waals surface area contributed by atoms with Gasteiger partial charge >= 0.3 is 0 Å². The molecule has 0 unspecified atom stereocenters. The zero-order chi connectivity index (χ0) is 17.5. The second-order valence-electron chi connectivity index (χ2n) is 7.03. The Morgan fingerprint density at radius 1 is 1.38 bits per heavy atom. The first-order valence-electron chi connectivity index (χ1n) is 8.86. The fourth-order valence-electron chi connectivity index (χ4n) is 2.82. The molecule has 0 aromatic heterocycles. The Morgan fingerprint density at radius 2 is 2.12 bits per heavy atom. The average Bonchev–Trinajstić information content (AvgIpc) is 3.02. The van der Waals surface area contributed by atoms with E-state index in [1.807, 2.05) is 19.1 Å². The van der Waals surface area contributed by atoms with Crippen molar-refractivity contribution in [1.29, 1.82) is 0 Å². The molecule has 2 rings (SSSR count). The van der Waals surface area contributed by atoms with Crippen LogP contribution in [0.2, 0.25) is 0 Å². The van der Waals surface area contributed by atoms with Crippen molar-refractivity contribution >= 4 is 5.91 Å². The van der Waals surface area contributed by atoms with Crippen molar-refractivity contribution in [2.24, 2.45) is 5.92 Å². The van der Waals surface area contributed by atoms with Crippen molar-refractivity contribution in [3.05, 3.63) is 29.8 Å². The first-order valence-corrected chi connectivity index (χ1v) is 8.86. The maximum absolute atomic E-state index is 12.4. The molecular weight excluding hydrogens is 304 g/mol. The molecule has 1 fully saturated rings. The second kappa shape index (κ2) is 9.04. The summed E-state index contributed by atoms with van der Waals surface area (Å²) in [5.41, 5.74) is 0.834. The lowest BCUT2D eigenvalue weighted by atomic mass is 10.1. The highest BCUT2D eigenvalue weighted by Crippen LogP contribution is 2.20. The fourth-order valence-corrected chi connectivity index (χ4v) is 2.82. The van der Waals surface area contributed by atoms with E-state index in [4.69, 9.17) is 4.74 Å². The monoisotopic (exact) mass is 334 g/mol. The first-order chi connectivity index (χ1) is 11.5. The first kappa shape index (κ1) is 18.7. The van der Waals surface area contributed by atoms with Crippen LogP contribution in [-0.4, -0.2) is 47.8 Å². The van der Waals surface area contributed by atoms with Crippen molar-refractivity contribution in [3.8, 4) is 5.75 Å². The molecule has 1 heterocycles. The zero-order valence-electron chi connectivity index (χ0n) is 15.0. The van der Waals surface area contributed by atoms with Crippen LogP contribution in [0.1, 0.15) is 39.2 Å². The topological polar surface area (TPSA) is 61.8 Å². The summed E-state index contributed by atoms with van der Waals surface area (Å²) in [7, 11) is 0. The third-order valence-electron chi connectivity index (χ3n) is 4.63. The molecule has 0 radical (unpaired) electrons. The highest BCUT2D eigenvalue weighted by Gasteiger charge is 2.22. The number of carbonyl (C=O) groups is 1. The molecule has 2 atom stereocenters. The molecule has 1 amide bonds. The predicted octanol–water partition coefficient (Wildman–Crippen LogP) is 2.53. The Kier molecular flexibility index (Phi) is 7.06. The molecule has 1 aliphatic heterocycles. The van der Waals surface area contributed by atoms with Crippen LogP contribution in [0.3, 0.4) is 0 Å². The zero-order valence-corrected chi connectivity index (χ0v) is 15.0. The summed E-state index contributed by atoms with van der Waals surface area (Å²) in [5, 5.41) is 13.1. The standard InChI is InChI=1S/C19H30N2O3/c1-14(2)15(3)20-19(23)13-21(12-17-8-6-10-24-17)11-16-7-4-5-9-18(16)22/h4-5,7,9,14-15,17,22H,6,8,10-13H2,1-3H3,(H,20,23)/t15-,17-/m0/s1. The summed E-state index contributed by atoms with van der Waals surface area (Å²) < 4.78 is 5.72. The number of nitrogens with one attached hydrogen (secondary N) is 1. The molecule has 0 saturated carbocycles. The number of carbonyl (C=O) groups excluding carboxylic acids is 1. The molecule has 24 heavy (non-hydrogen) atoms. The van der Waals surface area contributed by atoms with Gasteiger partial charge in [0.15, 0.2) is 0 Å². The van der Waals surface area contributed by atoms with Gasteiger partial charge in [-0.2, -0.15) is 0 Å². The van der Waals surface area contributed by atoms with Gasteiger partial charge in [0.05, 0.1) is 12.6 Å². The van der Waals surface area contributed by atoms with Crippen LogP contribution in [0.25, 0.3) is 0 Å². The number of phenolic OH excluding ortho intramolecular Hbond substituents is 1. The van der Waals surface area contributed by atoms with Crippen molar-refractivity contribution in [2.45, 2.75) is 52.3 Å². The minimum absolute atomic E-state index is 0.0182. The normalized spacial score (nSPS) is 19.0. The molecule has 0 bridgehead atoms. The van der Waals surface area contributed by atoms with Crippen LogP contribution in [0.5, 0.6) is 5.75 Å².